The quantitative estimate of drug-likeness (QED) is 0.913. The van der Waals surface area contributed by atoms with Crippen molar-refractivity contribution in [1.29, 1.82) is 0 Å². The van der Waals surface area contributed by atoms with Crippen LogP contribution in [0, 0.1) is 11.6 Å². The molecule has 0 fully saturated rings. The van der Waals surface area contributed by atoms with Gasteiger partial charge < -0.3 is 9.84 Å². The Hall–Kier alpha value is -2.43. The van der Waals surface area contributed by atoms with E-state index in [9.17, 15) is 13.6 Å². The number of halogens is 2. The van der Waals surface area contributed by atoms with Gasteiger partial charge in [0.15, 0.2) is 11.6 Å². The molecule has 1 N–H and O–H groups in total. The monoisotopic (exact) mass is 278 g/mol. The summed E-state index contributed by atoms with van der Waals surface area (Å²) >= 11 is 0. The predicted octanol–water partition coefficient (Wildman–Crippen LogP) is 3.17. The number of benzene rings is 2. The van der Waals surface area contributed by atoms with Gasteiger partial charge in [-0.15, -0.1) is 0 Å². The van der Waals surface area contributed by atoms with E-state index < -0.39 is 17.6 Å². The summed E-state index contributed by atoms with van der Waals surface area (Å²) in [5, 5.41) is 8.70. The zero-order valence-electron chi connectivity index (χ0n) is 10.5. The molecule has 0 amide bonds. The van der Waals surface area contributed by atoms with Gasteiger partial charge in [0.25, 0.3) is 0 Å². The lowest BCUT2D eigenvalue weighted by atomic mass is 10.1. The van der Waals surface area contributed by atoms with E-state index >= 15 is 0 Å². The maximum Gasteiger partial charge on any atom is 0.307 e. The maximum atomic E-state index is 13.0. The Labute approximate surface area is 114 Å². The zero-order chi connectivity index (χ0) is 14.5. The van der Waals surface area contributed by atoms with Crippen LogP contribution in [0.15, 0.2) is 42.5 Å². The van der Waals surface area contributed by atoms with Crippen molar-refractivity contribution >= 4 is 5.97 Å². The average molecular weight is 278 g/mol. The fraction of sp³-hybridized carbons (Fsp3) is 0.133. The maximum absolute atomic E-state index is 13.0. The van der Waals surface area contributed by atoms with Crippen LogP contribution in [-0.2, 0) is 17.8 Å². The first-order valence-corrected chi connectivity index (χ1v) is 5.92. The number of ether oxygens (including phenoxy) is 1. The SMILES string of the molecule is O=C(O)Cc1cccc(OCc2ccc(F)c(F)c2)c1. The minimum atomic E-state index is -0.928. The molecule has 0 heterocycles. The van der Waals surface area contributed by atoms with Gasteiger partial charge >= 0.3 is 5.97 Å². The number of hydrogen-bond acceptors (Lipinski definition) is 2. The second kappa shape index (κ2) is 6.14. The minimum Gasteiger partial charge on any atom is -0.489 e. The molecule has 104 valence electrons. The molecule has 0 radical (unpaired) electrons. The fourth-order valence-electron chi connectivity index (χ4n) is 1.72. The highest BCUT2D eigenvalue weighted by Crippen LogP contribution is 2.16. The van der Waals surface area contributed by atoms with Crippen molar-refractivity contribution < 1.29 is 23.4 Å². The van der Waals surface area contributed by atoms with Gasteiger partial charge in [0, 0.05) is 0 Å². The van der Waals surface area contributed by atoms with E-state index in [1.165, 1.54) is 6.07 Å². The predicted molar refractivity (Wildman–Crippen MR) is 68.5 cm³/mol. The Bertz CT molecular complexity index is 626. The number of carboxylic acids is 1. The van der Waals surface area contributed by atoms with Crippen LogP contribution in [0.1, 0.15) is 11.1 Å². The van der Waals surface area contributed by atoms with Gasteiger partial charge in [-0.1, -0.05) is 18.2 Å². The van der Waals surface area contributed by atoms with Gasteiger partial charge in [-0.2, -0.15) is 0 Å². The molecule has 5 heteroatoms. The van der Waals surface area contributed by atoms with E-state index in [4.69, 9.17) is 9.84 Å². The molecule has 0 aliphatic heterocycles. The Balaban J connectivity index is 2.03. The minimum absolute atomic E-state index is 0.0771. The molecular weight excluding hydrogens is 266 g/mol. The van der Waals surface area contributed by atoms with Gasteiger partial charge in [-0.05, 0) is 35.4 Å². The van der Waals surface area contributed by atoms with Crippen LogP contribution in [0.5, 0.6) is 5.75 Å². The summed E-state index contributed by atoms with van der Waals surface area (Å²) < 4.78 is 31.2. The van der Waals surface area contributed by atoms with Crippen LogP contribution in [0.25, 0.3) is 0 Å². The van der Waals surface area contributed by atoms with Crippen molar-refractivity contribution in [2.45, 2.75) is 13.0 Å². The molecule has 20 heavy (non-hydrogen) atoms. The fourth-order valence-corrected chi connectivity index (χ4v) is 1.72. The molecule has 2 aromatic carbocycles. The highest BCUT2D eigenvalue weighted by Gasteiger charge is 2.05. The van der Waals surface area contributed by atoms with Gasteiger partial charge in [0.2, 0.25) is 0 Å². The molecule has 0 unspecified atom stereocenters. The van der Waals surface area contributed by atoms with Crippen molar-refractivity contribution in [3.8, 4) is 5.75 Å². The second-order valence-electron chi connectivity index (χ2n) is 4.26. The molecule has 0 aliphatic carbocycles. The summed E-state index contributed by atoms with van der Waals surface area (Å²) in [6.07, 6.45) is -0.0949. The molecule has 0 aromatic heterocycles. The van der Waals surface area contributed by atoms with Crippen LogP contribution >= 0.6 is 0 Å². The average Bonchev–Trinajstić information content (AvgIpc) is 2.40. The van der Waals surface area contributed by atoms with E-state index in [0.29, 0.717) is 16.9 Å². The van der Waals surface area contributed by atoms with Crippen molar-refractivity contribution in [1.82, 2.24) is 0 Å². The summed E-state index contributed by atoms with van der Waals surface area (Å²) in [4.78, 5) is 10.6. The lowest BCUT2D eigenvalue weighted by Gasteiger charge is -2.08. The third kappa shape index (κ3) is 3.78. The van der Waals surface area contributed by atoms with E-state index in [-0.39, 0.29) is 13.0 Å². The Morgan fingerprint density at radius 1 is 1.05 bits per heavy atom. The molecule has 3 nitrogen and oxygen atoms in total. The van der Waals surface area contributed by atoms with Crippen LogP contribution in [0.3, 0.4) is 0 Å². The number of rotatable bonds is 5. The highest BCUT2D eigenvalue weighted by molar-refractivity contribution is 5.70. The highest BCUT2D eigenvalue weighted by atomic mass is 19.2. The first-order valence-electron chi connectivity index (χ1n) is 5.92. The van der Waals surface area contributed by atoms with E-state index in [2.05, 4.69) is 0 Å². The Kier molecular flexibility index (Phi) is 4.30. The number of carboxylic acid groups (broad SMARTS) is 1. The normalized spacial score (nSPS) is 10.3. The van der Waals surface area contributed by atoms with Crippen LogP contribution < -0.4 is 4.74 Å². The molecular formula is C15H12F2O3. The molecule has 0 saturated heterocycles. The molecule has 2 aromatic rings. The summed E-state index contributed by atoms with van der Waals surface area (Å²) in [7, 11) is 0. The summed E-state index contributed by atoms with van der Waals surface area (Å²) in [6.45, 7) is 0.0771. The van der Waals surface area contributed by atoms with E-state index in [0.717, 1.165) is 12.1 Å². The number of carbonyl (C=O) groups is 1. The summed E-state index contributed by atoms with van der Waals surface area (Å²) in [5.41, 5.74) is 1.10. The van der Waals surface area contributed by atoms with Crippen molar-refractivity contribution in [3.63, 3.8) is 0 Å². The summed E-state index contributed by atoms with van der Waals surface area (Å²) in [6, 6.07) is 10.2. The molecule has 0 spiro atoms. The lowest BCUT2D eigenvalue weighted by Crippen LogP contribution is -2.01. The molecule has 0 saturated carbocycles. The van der Waals surface area contributed by atoms with E-state index in [1.54, 1.807) is 24.3 Å². The van der Waals surface area contributed by atoms with Crippen LogP contribution in [-0.4, -0.2) is 11.1 Å². The topological polar surface area (TPSA) is 46.5 Å². The van der Waals surface area contributed by atoms with Gasteiger partial charge in [0.1, 0.15) is 12.4 Å². The molecule has 0 atom stereocenters. The zero-order valence-corrected chi connectivity index (χ0v) is 10.5. The van der Waals surface area contributed by atoms with Crippen LogP contribution in [0.2, 0.25) is 0 Å². The Morgan fingerprint density at radius 3 is 2.55 bits per heavy atom. The number of hydrogen-bond donors (Lipinski definition) is 1. The first kappa shape index (κ1) is 14.0. The van der Waals surface area contributed by atoms with Crippen LogP contribution in [0.4, 0.5) is 8.78 Å². The van der Waals surface area contributed by atoms with Crippen molar-refractivity contribution in [2.75, 3.05) is 0 Å². The van der Waals surface area contributed by atoms with Gasteiger partial charge in [-0.3, -0.25) is 4.79 Å². The largest absolute Gasteiger partial charge is 0.489 e. The lowest BCUT2D eigenvalue weighted by molar-refractivity contribution is -0.136. The van der Waals surface area contributed by atoms with Gasteiger partial charge in [0.05, 0.1) is 6.42 Å². The molecule has 0 aliphatic rings. The van der Waals surface area contributed by atoms with Crippen molar-refractivity contribution in [2.24, 2.45) is 0 Å². The van der Waals surface area contributed by atoms with Gasteiger partial charge in [-0.25, -0.2) is 8.78 Å². The first-order chi connectivity index (χ1) is 9.54. The smallest absolute Gasteiger partial charge is 0.307 e. The molecule has 0 bridgehead atoms. The third-order valence-corrected chi connectivity index (χ3v) is 2.64. The Morgan fingerprint density at radius 2 is 1.85 bits per heavy atom. The number of aliphatic carboxylic acids is 1. The molecule has 2 rings (SSSR count). The standard InChI is InChI=1S/C15H12F2O3/c16-13-5-4-11(7-14(13)17)9-20-12-3-1-2-10(6-12)8-15(18)19/h1-7H,8-9H2,(H,18,19). The third-order valence-electron chi connectivity index (χ3n) is 2.64. The second-order valence-corrected chi connectivity index (χ2v) is 4.26. The van der Waals surface area contributed by atoms with E-state index in [1.807, 2.05) is 0 Å². The van der Waals surface area contributed by atoms with Crippen molar-refractivity contribution in [3.05, 3.63) is 65.2 Å². The summed E-state index contributed by atoms with van der Waals surface area (Å²) in [5.74, 6) is -2.28.